The number of nitrogens with zero attached hydrogens (tertiary/aromatic N) is 3. The SMILES string of the molecule is CCOc1ncc(Cn2cc(/C=C(\C#N)c3ccc(C(=O)OI)cc3)c3ccc(Cl)cc32)s1. The summed E-state index contributed by atoms with van der Waals surface area (Å²) in [6.07, 6.45) is 5.65. The predicted octanol–water partition coefficient (Wildman–Crippen LogP) is 6.77. The van der Waals surface area contributed by atoms with E-state index in [4.69, 9.17) is 19.4 Å². The molecule has 2 heterocycles. The second-order valence-electron chi connectivity index (χ2n) is 7.01. The Hall–Kier alpha value is -2.87. The lowest BCUT2D eigenvalue weighted by Crippen LogP contribution is -1.97. The molecule has 0 radical (unpaired) electrons. The molecule has 2 aromatic carbocycles. The Morgan fingerprint density at radius 3 is 2.73 bits per heavy atom. The summed E-state index contributed by atoms with van der Waals surface area (Å²) in [6, 6.07) is 14.7. The zero-order valence-corrected chi connectivity index (χ0v) is 21.1. The number of hydrogen-bond donors (Lipinski definition) is 0. The van der Waals surface area contributed by atoms with Crippen LogP contribution in [0.3, 0.4) is 0 Å². The number of ether oxygens (including phenoxy) is 1. The molecular formula is C24H17ClIN3O3S. The van der Waals surface area contributed by atoms with Crippen LogP contribution in [0.25, 0.3) is 22.6 Å². The zero-order valence-electron chi connectivity index (χ0n) is 17.4. The summed E-state index contributed by atoms with van der Waals surface area (Å²) in [4.78, 5) is 17.0. The fraction of sp³-hybridized carbons (Fsp3) is 0.125. The number of carbonyl (C=O) groups is 1. The smallest absolute Gasteiger partial charge is 0.347 e. The Bertz CT molecular complexity index is 1390. The van der Waals surface area contributed by atoms with Crippen molar-refractivity contribution in [2.24, 2.45) is 0 Å². The standard InChI is InChI=1S/C24H17ClIN3O3S/c1-2-31-24-28-12-20(33-24)14-29-13-18(21-8-7-19(25)10-22(21)29)9-17(11-27)15-3-5-16(6-4-15)23(30)32-26/h3-10,12-13H,2,14H2,1H3/b17-9+. The minimum atomic E-state index is -0.430. The molecule has 0 saturated carbocycles. The van der Waals surface area contributed by atoms with Crippen molar-refractivity contribution >= 4 is 74.5 Å². The molecule has 6 nitrogen and oxygen atoms in total. The van der Waals surface area contributed by atoms with E-state index >= 15 is 0 Å². The molecule has 0 unspecified atom stereocenters. The maximum atomic E-state index is 11.7. The van der Waals surface area contributed by atoms with Crippen LogP contribution in [0, 0.1) is 11.3 Å². The number of allylic oxidation sites excluding steroid dienone is 1. The van der Waals surface area contributed by atoms with E-state index in [1.807, 2.05) is 43.6 Å². The Morgan fingerprint density at radius 1 is 1.27 bits per heavy atom. The third-order valence-corrected chi connectivity index (χ3v) is 6.45. The summed E-state index contributed by atoms with van der Waals surface area (Å²) < 4.78 is 12.3. The van der Waals surface area contributed by atoms with Gasteiger partial charge in [-0.25, -0.2) is 9.78 Å². The summed E-state index contributed by atoms with van der Waals surface area (Å²) in [5.74, 6) is -0.430. The molecule has 2 aromatic heterocycles. The van der Waals surface area contributed by atoms with E-state index in [2.05, 4.69) is 15.6 Å². The Kier molecular flexibility index (Phi) is 7.33. The molecule has 0 aliphatic heterocycles. The van der Waals surface area contributed by atoms with Crippen LogP contribution in [-0.4, -0.2) is 22.1 Å². The highest BCUT2D eigenvalue weighted by Gasteiger charge is 2.13. The molecule has 9 heteroatoms. The lowest BCUT2D eigenvalue weighted by Gasteiger charge is -2.03. The van der Waals surface area contributed by atoms with Crippen molar-refractivity contribution in [1.82, 2.24) is 9.55 Å². The number of benzene rings is 2. The molecule has 0 amide bonds. The lowest BCUT2D eigenvalue weighted by atomic mass is 10.0. The first kappa shape index (κ1) is 23.3. The van der Waals surface area contributed by atoms with E-state index in [0.29, 0.717) is 40.1 Å². The lowest BCUT2D eigenvalue weighted by molar-refractivity contribution is 0.0800. The molecule has 0 spiro atoms. The first-order valence-electron chi connectivity index (χ1n) is 9.93. The fourth-order valence-electron chi connectivity index (χ4n) is 3.43. The van der Waals surface area contributed by atoms with Gasteiger partial charge < -0.3 is 12.4 Å². The summed E-state index contributed by atoms with van der Waals surface area (Å²) in [6.45, 7) is 3.10. The number of hydrogen-bond acceptors (Lipinski definition) is 6. The summed E-state index contributed by atoms with van der Waals surface area (Å²) in [5.41, 5.74) is 3.46. The van der Waals surface area contributed by atoms with Gasteiger partial charge in [-0.1, -0.05) is 41.1 Å². The minimum absolute atomic E-state index is 0.424. The molecule has 0 fully saturated rings. The number of halogens is 2. The van der Waals surface area contributed by atoms with Crippen LogP contribution in [0.4, 0.5) is 0 Å². The Labute approximate surface area is 213 Å². The minimum Gasteiger partial charge on any atom is -0.470 e. The van der Waals surface area contributed by atoms with Gasteiger partial charge in [-0.3, -0.25) is 0 Å². The molecule has 4 rings (SSSR count). The van der Waals surface area contributed by atoms with Gasteiger partial charge >= 0.3 is 5.97 Å². The quantitative estimate of drug-likeness (QED) is 0.176. The van der Waals surface area contributed by atoms with Gasteiger partial charge in [0.1, 0.15) is 0 Å². The molecular weight excluding hydrogens is 573 g/mol. The van der Waals surface area contributed by atoms with Crippen molar-refractivity contribution in [3.63, 3.8) is 0 Å². The van der Waals surface area contributed by atoms with Crippen LogP contribution in [0.5, 0.6) is 5.19 Å². The van der Waals surface area contributed by atoms with E-state index in [1.54, 1.807) is 47.3 Å². The molecule has 4 aromatic rings. The van der Waals surface area contributed by atoms with Gasteiger partial charge in [0.2, 0.25) is 0 Å². The molecule has 0 aliphatic rings. The molecule has 166 valence electrons. The number of rotatable bonds is 7. The summed E-state index contributed by atoms with van der Waals surface area (Å²) in [7, 11) is 0. The number of thiazole rings is 1. The third-order valence-electron chi connectivity index (χ3n) is 4.92. The largest absolute Gasteiger partial charge is 0.470 e. The van der Waals surface area contributed by atoms with E-state index < -0.39 is 5.97 Å². The van der Waals surface area contributed by atoms with Gasteiger partial charge in [0, 0.05) is 33.2 Å². The first-order valence-corrected chi connectivity index (χ1v) is 12.0. The maximum Gasteiger partial charge on any atom is 0.347 e. The highest BCUT2D eigenvalue weighted by Crippen LogP contribution is 2.30. The fourth-order valence-corrected chi connectivity index (χ4v) is 4.66. The summed E-state index contributed by atoms with van der Waals surface area (Å²) in [5, 5.41) is 12.1. The molecule has 33 heavy (non-hydrogen) atoms. The van der Waals surface area contributed by atoms with E-state index in [0.717, 1.165) is 21.3 Å². The molecule has 0 saturated heterocycles. The van der Waals surface area contributed by atoms with Crippen molar-refractivity contribution in [2.75, 3.05) is 6.61 Å². The van der Waals surface area contributed by atoms with Crippen LogP contribution in [-0.2, 0) is 9.61 Å². The first-order chi connectivity index (χ1) is 16.0. The molecule has 0 atom stereocenters. The highest BCUT2D eigenvalue weighted by molar-refractivity contribution is 14.1. The average molecular weight is 590 g/mol. The average Bonchev–Trinajstić information content (AvgIpc) is 3.41. The Balaban J connectivity index is 1.72. The van der Waals surface area contributed by atoms with Gasteiger partial charge in [0.25, 0.3) is 5.19 Å². The van der Waals surface area contributed by atoms with E-state index in [1.165, 1.54) is 11.3 Å². The van der Waals surface area contributed by atoms with Gasteiger partial charge in [0.05, 0.1) is 35.9 Å². The molecule has 0 bridgehead atoms. The van der Waals surface area contributed by atoms with Crippen LogP contribution in [0.2, 0.25) is 5.02 Å². The number of fused-ring (bicyclic) bond motifs is 1. The topological polar surface area (TPSA) is 77.1 Å². The summed E-state index contributed by atoms with van der Waals surface area (Å²) >= 11 is 9.33. The monoisotopic (exact) mass is 589 g/mol. The second kappa shape index (κ2) is 10.4. The van der Waals surface area contributed by atoms with Gasteiger partial charge in [-0.05, 0) is 42.8 Å². The van der Waals surface area contributed by atoms with Crippen molar-refractivity contribution in [1.29, 1.82) is 5.26 Å². The van der Waals surface area contributed by atoms with Crippen LogP contribution in [0.1, 0.15) is 33.3 Å². The number of aromatic nitrogens is 2. The van der Waals surface area contributed by atoms with Gasteiger partial charge in [-0.2, -0.15) is 5.26 Å². The van der Waals surface area contributed by atoms with Crippen molar-refractivity contribution in [2.45, 2.75) is 13.5 Å². The van der Waals surface area contributed by atoms with Gasteiger partial charge in [-0.15, -0.1) is 0 Å². The van der Waals surface area contributed by atoms with E-state index in [9.17, 15) is 10.1 Å². The van der Waals surface area contributed by atoms with Crippen LogP contribution < -0.4 is 4.74 Å². The van der Waals surface area contributed by atoms with Gasteiger partial charge in [0.15, 0.2) is 23.0 Å². The Morgan fingerprint density at radius 2 is 2.03 bits per heavy atom. The van der Waals surface area contributed by atoms with Crippen molar-refractivity contribution in [3.8, 4) is 11.3 Å². The maximum absolute atomic E-state index is 11.7. The predicted molar refractivity (Wildman–Crippen MR) is 139 cm³/mol. The normalized spacial score (nSPS) is 11.4. The highest BCUT2D eigenvalue weighted by atomic mass is 127. The number of carbonyl (C=O) groups excluding carboxylic acids is 1. The number of nitriles is 1. The second-order valence-corrected chi connectivity index (χ2v) is 8.97. The molecule has 0 N–H and O–H groups in total. The van der Waals surface area contributed by atoms with Crippen molar-refractivity contribution in [3.05, 3.63) is 81.4 Å². The zero-order chi connectivity index (χ0) is 23.4. The molecule has 0 aliphatic carbocycles. The third kappa shape index (κ3) is 5.21. The van der Waals surface area contributed by atoms with Crippen LogP contribution in [0.15, 0.2) is 54.9 Å². The van der Waals surface area contributed by atoms with Crippen LogP contribution >= 0.6 is 45.9 Å². The van der Waals surface area contributed by atoms with E-state index in [-0.39, 0.29) is 0 Å². The van der Waals surface area contributed by atoms with Crippen molar-refractivity contribution < 1.29 is 12.6 Å².